The lowest BCUT2D eigenvalue weighted by molar-refractivity contribution is -0.180. The van der Waals surface area contributed by atoms with Crippen molar-refractivity contribution in [3.05, 3.63) is 171 Å². The number of rotatable bonds is 17. The fourth-order valence-corrected chi connectivity index (χ4v) is 12.8. The van der Waals surface area contributed by atoms with E-state index < -0.39 is 83.3 Å². The monoisotopic (exact) mass is 1140 g/mol. The van der Waals surface area contributed by atoms with Gasteiger partial charge in [0.2, 0.25) is 17.7 Å². The normalized spacial score (nSPS) is 26.4. The molecule has 3 N–H and O–H groups in total. The van der Waals surface area contributed by atoms with E-state index in [2.05, 4.69) is 39.8 Å². The Bertz CT molecular complexity index is 3050. The molecule has 0 saturated carbocycles. The average molecular weight is 1140 g/mol. The van der Waals surface area contributed by atoms with Crippen molar-refractivity contribution in [1.82, 2.24) is 15.1 Å². The number of fused-ring (bicyclic) bond motifs is 4. The van der Waals surface area contributed by atoms with Crippen molar-refractivity contribution in [2.24, 2.45) is 17.8 Å². The topological polar surface area (TPSA) is 207 Å². The maximum absolute atomic E-state index is 15.2. The first-order valence-corrected chi connectivity index (χ1v) is 26.6. The van der Waals surface area contributed by atoms with Crippen LogP contribution in [-0.4, -0.2) is 94.8 Å². The molecule has 5 aromatic rings. The molecule has 0 aromatic heterocycles. The standard InChI is InChI=1S/C59H57IN4O12/c1-3-28-74-56(70)48-51-57(71)76-52(37-14-8-5-9-15-37)50(35-12-6-4-7-13-35)64(51)53(59(48)44-32-40(60)21-26-45(44)62-58(59)72)38-19-24-42(25-20-38)73-29-30-75-55(69)43-33-46-47(67)31-39(16-10-11-27-61-34(2)65)54(68)63(46)49(43)36-17-22-41(66)23-18-36/h3-9,12-15,17-26,32,39,43,46,48-53,66H,1,10-11,16,27-31,33H2,2H3,(H,61,65)(H,62,72)/t39-,43-,46-,48+,49-,50+,51+,52-,53-,59+/m1/s1. The van der Waals surface area contributed by atoms with Crippen molar-refractivity contribution < 1.29 is 57.6 Å². The third kappa shape index (κ3) is 9.63. The first-order valence-electron chi connectivity index (χ1n) is 25.6. The molecule has 1 spiro atoms. The van der Waals surface area contributed by atoms with Gasteiger partial charge in [0.1, 0.15) is 54.8 Å². The van der Waals surface area contributed by atoms with Gasteiger partial charge in [-0.3, -0.25) is 38.5 Å². The Balaban J connectivity index is 0.930. The number of piperidine rings is 1. The van der Waals surface area contributed by atoms with E-state index in [4.69, 9.17) is 18.9 Å². The van der Waals surface area contributed by atoms with Gasteiger partial charge in [-0.05, 0) is 112 Å². The summed E-state index contributed by atoms with van der Waals surface area (Å²) in [4.78, 5) is 102. The first-order chi connectivity index (χ1) is 36.8. The van der Waals surface area contributed by atoms with Crippen molar-refractivity contribution in [2.75, 3.05) is 31.7 Å². The second kappa shape index (κ2) is 22.1. The largest absolute Gasteiger partial charge is 0.508 e. The number of nitrogens with one attached hydrogen (secondary N) is 2. The lowest BCUT2D eigenvalue weighted by Gasteiger charge is -2.46. The van der Waals surface area contributed by atoms with Crippen LogP contribution in [0.2, 0.25) is 0 Å². The predicted octanol–water partition coefficient (Wildman–Crippen LogP) is 7.77. The second-order valence-electron chi connectivity index (χ2n) is 19.9. The molecule has 5 aromatic carbocycles. The number of phenols is 1. The second-order valence-corrected chi connectivity index (χ2v) is 21.1. The Labute approximate surface area is 453 Å². The van der Waals surface area contributed by atoms with Gasteiger partial charge in [0.05, 0.1) is 30.1 Å². The van der Waals surface area contributed by atoms with E-state index in [9.17, 15) is 33.9 Å². The maximum atomic E-state index is 15.2. The van der Waals surface area contributed by atoms with Crippen LogP contribution in [-0.2, 0) is 53.2 Å². The first kappa shape index (κ1) is 52.1. The van der Waals surface area contributed by atoms with Crippen molar-refractivity contribution in [2.45, 2.75) is 80.8 Å². The van der Waals surface area contributed by atoms with Gasteiger partial charge in [-0.15, -0.1) is 0 Å². The van der Waals surface area contributed by atoms with E-state index in [1.807, 2.05) is 89.8 Å². The molecule has 17 heteroatoms. The summed E-state index contributed by atoms with van der Waals surface area (Å²) < 4.78 is 25.1. The predicted molar refractivity (Wildman–Crippen MR) is 285 cm³/mol. The molecule has 4 fully saturated rings. The SMILES string of the molecule is C=CCOC(=O)[C@@H]1[C@H]2C(=O)O[C@H](c3ccccc3)[C@H](c3ccccc3)N2[C@H](c2ccc(OCCOC(=O)[C@@H]3C[C@@H]4C(=O)C[C@@H](CCCCNC(C)=O)C(=O)N4[C@@H]3c3ccc(O)cc3)cc2)[C@@]12C(=O)Nc1ccc(I)cc12. The summed E-state index contributed by atoms with van der Waals surface area (Å²) in [6, 6.07) is 33.2. The van der Waals surface area contributed by atoms with Gasteiger partial charge in [-0.2, -0.15) is 0 Å². The highest BCUT2D eigenvalue weighted by atomic mass is 127. The van der Waals surface area contributed by atoms with Crippen LogP contribution < -0.4 is 15.4 Å². The minimum atomic E-state index is -1.72. The average Bonchev–Trinajstić information content (AvgIpc) is 4.27. The Hall–Kier alpha value is -7.38. The molecule has 392 valence electrons. The summed E-state index contributed by atoms with van der Waals surface area (Å²) in [5.74, 6) is -5.42. The highest BCUT2D eigenvalue weighted by Gasteiger charge is 2.74. The minimum absolute atomic E-state index is 0.00854. The number of esters is 3. The highest BCUT2D eigenvalue weighted by molar-refractivity contribution is 14.1. The number of benzene rings is 5. The highest BCUT2D eigenvalue weighted by Crippen LogP contribution is 2.65. The Kier molecular flexibility index (Phi) is 15.1. The van der Waals surface area contributed by atoms with E-state index in [-0.39, 0.29) is 56.0 Å². The smallest absolute Gasteiger partial charge is 0.325 e. The molecule has 4 saturated heterocycles. The van der Waals surface area contributed by atoms with E-state index in [1.54, 1.807) is 30.3 Å². The molecular formula is C59H57IN4O12. The number of halogens is 1. The number of phenolic OH excluding ortho intramolecular Hbond substituents is 1. The summed E-state index contributed by atoms with van der Waals surface area (Å²) >= 11 is 2.18. The lowest BCUT2D eigenvalue weighted by atomic mass is 9.65. The molecule has 5 heterocycles. The Morgan fingerprint density at radius 3 is 2.20 bits per heavy atom. The number of Topliss-reactive ketones (excluding diaryl/α,β-unsaturated/α-hetero) is 1. The van der Waals surface area contributed by atoms with Crippen LogP contribution in [0.15, 0.2) is 140 Å². The zero-order chi connectivity index (χ0) is 53.3. The zero-order valence-corrected chi connectivity index (χ0v) is 43.8. The molecule has 5 aliphatic rings. The van der Waals surface area contributed by atoms with Crippen LogP contribution in [0.25, 0.3) is 0 Å². The van der Waals surface area contributed by atoms with Gasteiger partial charge < -0.3 is 39.6 Å². The molecule has 5 aliphatic heterocycles. The van der Waals surface area contributed by atoms with E-state index in [1.165, 1.54) is 30.0 Å². The van der Waals surface area contributed by atoms with Crippen LogP contribution >= 0.6 is 22.6 Å². The van der Waals surface area contributed by atoms with E-state index in [0.717, 1.165) is 14.7 Å². The number of carbonyl (C=O) groups excluding carboxylic acids is 7. The minimum Gasteiger partial charge on any atom is -0.508 e. The van der Waals surface area contributed by atoms with Crippen molar-refractivity contribution in [3.8, 4) is 11.5 Å². The molecular weight excluding hydrogens is 1080 g/mol. The number of hydrogen-bond donors (Lipinski definition) is 3. The fraction of sp³-hybridized carbons (Fsp3) is 0.339. The quantitative estimate of drug-likeness (QED) is 0.0268. The number of aromatic hydroxyl groups is 1. The number of nitrogens with zero attached hydrogens (tertiary/aromatic N) is 2. The summed E-state index contributed by atoms with van der Waals surface area (Å²) in [6.07, 6.45) is 2.46. The fourth-order valence-electron chi connectivity index (χ4n) is 12.3. The molecule has 0 radical (unpaired) electrons. The van der Waals surface area contributed by atoms with Crippen LogP contribution in [0.4, 0.5) is 5.69 Å². The summed E-state index contributed by atoms with van der Waals surface area (Å²) in [7, 11) is 0. The van der Waals surface area contributed by atoms with Gasteiger partial charge in [-0.1, -0.05) is 104 Å². The molecule has 0 aliphatic carbocycles. The van der Waals surface area contributed by atoms with Gasteiger partial charge in [0.25, 0.3) is 0 Å². The number of anilines is 1. The Morgan fingerprint density at radius 2 is 1.50 bits per heavy atom. The molecule has 0 unspecified atom stereocenters. The number of hydrogen-bond acceptors (Lipinski definition) is 13. The van der Waals surface area contributed by atoms with Crippen molar-refractivity contribution in [1.29, 1.82) is 0 Å². The molecule has 0 bridgehead atoms. The number of amides is 3. The molecule has 10 rings (SSSR count). The van der Waals surface area contributed by atoms with Gasteiger partial charge >= 0.3 is 17.9 Å². The number of unbranched alkanes of at least 4 members (excludes halogenated alkanes) is 1. The summed E-state index contributed by atoms with van der Waals surface area (Å²) in [5.41, 5.74) is 2.03. The number of ether oxygens (including phenoxy) is 4. The summed E-state index contributed by atoms with van der Waals surface area (Å²) in [5, 5.41) is 15.9. The maximum Gasteiger partial charge on any atom is 0.325 e. The van der Waals surface area contributed by atoms with Gasteiger partial charge in [0, 0.05) is 35.1 Å². The van der Waals surface area contributed by atoms with E-state index >= 15 is 4.79 Å². The molecule has 10 atom stereocenters. The van der Waals surface area contributed by atoms with Gasteiger partial charge in [-0.25, -0.2) is 0 Å². The van der Waals surface area contributed by atoms with Gasteiger partial charge in [0.15, 0.2) is 5.78 Å². The molecule has 76 heavy (non-hydrogen) atoms. The van der Waals surface area contributed by atoms with Crippen LogP contribution in [0.1, 0.15) is 91.1 Å². The summed E-state index contributed by atoms with van der Waals surface area (Å²) in [6.45, 7) is 5.25. The van der Waals surface area contributed by atoms with E-state index in [0.29, 0.717) is 53.9 Å². The van der Waals surface area contributed by atoms with Crippen LogP contribution in [0.5, 0.6) is 11.5 Å². The zero-order valence-electron chi connectivity index (χ0n) is 41.7. The number of carbonyl (C=O) groups is 7. The molecule has 3 amide bonds. The number of ketones is 1. The van der Waals surface area contributed by atoms with Crippen molar-refractivity contribution in [3.63, 3.8) is 0 Å². The van der Waals surface area contributed by atoms with Crippen LogP contribution in [0, 0.1) is 21.3 Å². The van der Waals surface area contributed by atoms with Crippen LogP contribution in [0.3, 0.4) is 0 Å². The lowest BCUT2D eigenvalue weighted by Crippen LogP contribution is -2.52. The number of morpholine rings is 1. The number of cyclic esters (lactones) is 1. The molecule has 16 nitrogen and oxygen atoms in total. The van der Waals surface area contributed by atoms with Crippen molar-refractivity contribution >= 4 is 69.7 Å². The third-order valence-corrected chi connectivity index (χ3v) is 16.1. The Morgan fingerprint density at radius 1 is 0.816 bits per heavy atom. The third-order valence-electron chi connectivity index (χ3n) is 15.5.